The molecule has 1 rings (SSSR count). The maximum Gasteiger partial charge on any atom is 0.337 e. The van der Waals surface area contributed by atoms with Gasteiger partial charge in [-0.25, -0.2) is 4.79 Å². The SMILES string of the molecule is C=C(C(=O)OCC)C(OC(C)=O)c1ccc([N+](=O)[O-])cc1[N+](=O)[O-]. The summed E-state index contributed by atoms with van der Waals surface area (Å²) in [6, 6.07) is 2.75. The normalized spacial score (nSPS) is 11.2. The number of nitro groups is 2. The Labute approximate surface area is 136 Å². The molecule has 1 aromatic carbocycles. The number of hydrogen-bond acceptors (Lipinski definition) is 8. The molecule has 0 saturated carbocycles. The fraction of sp³-hybridized carbons (Fsp3) is 0.286. The highest BCUT2D eigenvalue weighted by molar-refractivity contribution is 5.90. The molecule has 10 nitrogen and oxygen atoms in total. The van der Waals surface area contributed by atoms with Gasteiger partial charge >= 0.3 is 11.9 Å². The zero-order valence-electron chi connectivity index (χ0n) is 12.9. The molecule has 24 heavy (non-hydrogen) atoms. The molecule has 0 fully saturated rings. The van der Waals surface area contributed by atoms with E-state index in [-0.39, 0.29) is 17.7 Å². The van der Waals surface area contributed by atoms with Crippen molar-refractivity contribution in [3.8, 4) is 0 Å². The van der Waals surface area contributed by atoms with Gasteiger partial charge < -0.3 is 9.47 Å². The standard InChI is InChI=1S/C14H14N2O8/c1-4-23-14(18)8(2)13(24-9(3)17)11-6-5-10(15(19)20)7-12(11)16(21)22/h5-7,13H,2,4H2,1,3H3. The van der Waals surface area contributed by atoms with Crippen LogP contribution < -0.4 is 0 Å². The highest BCUT2D eigenvalue weighted by Gasteiger charge is 2.32. The molecule has 0 amide bonds. The van der Waals surface area contributed by atoms with E-state index in [1.54, 1.807) is 6.92 Å². The van der Waals surface area contributed by atoms with Crippen molar-refractivity contribution in [2.75, 3.05) is 6.61 Å². The summed E-state index contributed by atoms with van der Waals surface area (Å²) < 4.78 is 9.69. The van der Waals surface area contributed by atoms with Crippen molar-refractivity contribution in [1.82, 2.24) is 0 Å². The third-order valence-electron chi connectivity index (χ3n) is 2.84. The van der Waals surface area contributed by atoms with Gasteiger partial charge in [-0.3, -0.25) is 25.0 Å². The second-order valence-electron chi connectivity index (χ2n) is 4.49. The summed E-state index contributed by atoms with van der Waals surface area (Å²) in [4.78, 5) is 43.4. The van der Waals surface area contributed by atoms with Crippen LogP contribution in [0.4, 0.5) is 11.4 Å². The van der Waals surface area contributed by atoms with Gasteiger partial charge in [0.1, 0.15) is 0 Å². The van der Waals surface area contributed by atoms with Gasteiger partial charge in [0.2, 0.25) is 0 Å². The number of ether oxygens (including phenoxy) is 2. The Kier molecular flexibility index (Phi) is 6.10. The van der Waals surface area contributed by atoms with Crippen LogP contribution in [0.15, 0.2) is 30.4 Å². The quantitative estimate of drug-likeness (QED) is 0.319. The van der Waals surface area contributed by atoms with E-state index < -0.39 is 39.3 Å². The number of benzene rings is 1. The Morgan fingerprint density at radius 1 is 1.25 bits per heavy atom. The van der Waals surface area contributed by atoms with Crippen LogP contribution >= 0.6 is 0 Å². The zero-order valence-corrected chi connectivity index (χ0v) is 12.9. The molecule has 0 aliphatic rings. The lowest BCUT2D eigenvalue weighted by Crippen LogP contribution is -2.19. The zero-order chi connectivity index (χ0) is 18.4. The van der Waals surface area contributed by atoms with Crippen LogP contribution in [0.2, 0.25) is 0 Å². The van der Waals surface area contributed by atoms with Crippen LogP contribution in [0.1, 0.15) is 25.5 Å². The van der Waals surface area contributed by atoms with E-state index in [1.807, 2.05) is 0 Å². The number of carbonyl (C=O) groups excluding carboxylic acids is 2. The molecule has 0 radical (unpaired) electrons. The van der Waals surface area contributed by atoms with Crippen molar-refractivity contribution in [1.29, 1.82) is 0 Å². The van der Waals surface area contributed by atoms with E-state index in [0.29, 0.717) is 6.07 Å². The first kappa shape index (κ1) is 18.7. The maximum absolute atomic E-state index is 11.8. The highest BCUT2D eigenvalue weighted by Crippen LogP contribution is 2.35. The molecule has 1 atom stereocenters. The Morgan fingerprint density at radius 3 is 2.33 bits per heavy atom. The molecule has 0 heterocycles. The van der Waals surface area contributed by atoms with Gasteiger partial charge in [-0.15, -0.1) is 0 Å². The first-order valence-electron chi connectivity index (χ1n) is 6.64. The van der Waals surface area contributed by atoms with Crippen molar-refractivity contribution in [2.45, 2.75) is 20.0 Å². The van der Waals surface area contributed by atoms with Crippen molar-refractivity contribution < 1.29 is 28.9 Å². The largest absolute Gasteiger partial charge is 0.463 e. The minimum Gasteiger partial charge on any atom is -0.463 e. The van der Waals surface area contributed by atoms with Gasteiger partial charge in [-0.1, -0.05) is 6.58 Å². The summed E-state index contributed by atoms with van der Waals surface area (Å²) in [5.41, 5.74) is -1.77. The van der Waals surface area contributed by atoms with Gasteiger partial charge in [0, 0.05) is 13.0 Å². The van der Waals surface area contributed by atoms with Crippen LogP contribution in [0.3, 0.4) is 0 Å². The topological polar surface area (TPSA) is 139 Å². The van der Waals surface area contributed by atoms with Crippen LogP contribution in [0.25, 0.3) is 0 Å². The predicted octanol–water partition coefficient (Wildman–Crippen LogP) is 2.23. The summed E-state index contributed by atoms with van der Waals surface area (Å²) in [7, 11) is 0. The van der Waals surface area contributed by atoms with Crippen LogP contribution in [0, 0.1) is 20.2 Å². The Hall–Kier alpha value is -3.30. The fourth-order valence-corrected chi connectivity index (χ4v) is 1.84. The van der Waals surface area contributed by atoms with Gasteiger partial charge in [-0.2, -0.15) is 0 Å². The number of nitrogens with zero attached hydrogens (tertiary/aromatic N) is 2. The lowest BCUT2D eigenvalue weighted by Gasteiger charge is -2.18. The van der Waals surface area contributed by atoms with Crippen LogP contribution in [0.5, 0.6) is 0 Å². The average Bonchev–Trinajstić information content (AvgIpc) is 2.51. The summed E-state index contributed by atoms with van der Waals surface area (Å²) in [5, 5.41) is 22.0. The van der Waals surface area contributed by atoms with Gasteiger partial charge in [-0.05, 0) is 13.0 Å². The van der Waals surface area contributed by atoms with Crippen molar-refractivity contribution >= 4 is 23.3 Å². The molecule has 0 bridgehead atoms. The molecule has 0 aliphatic carbocycles. The number of carbonyl (C=O) groups is 2. The van der Waals surface area contributed by atoms with Crippen molar-refractivity contribution in [3.63, 3.8) is 0 Å². The first-order chi connectivity index (χ1) is 11.2. The lowest BCUT2D eigenvalue weighted by molar-refractivity contribution is -0.394. The molecule has 1 aromatic rings. The second-order valence-corrected chi connectivity index (χ2v) is 4.49. The second kappa shape index (κ2) is 7.81. The highest BCUT2D eigenvalue weighted by atomic mass is 16.6. The Bertz CT molecular complexity index is 713. The summed E-state index contributed by atoms with van der Waals surface area (Å²) >= 11 is 0. The summed E-state index contributed by atoms with van der Waals surface area (Å²) in [6.07, 6.45) is -1.50. The molecular weight excluding hydrogens is 324 g/mol. The maximum atomic E-state index is 11.8. The molecule has 0 saturated heterocycles. The molecule has 128 valence electrons. The number of esters is 2. The Balaban J connectivity index is 3.44. The predicted molar refractivity (Wildman–Crippen MR) is 80.0 cm³/mol. The number of rotatable bonds is 7. The van der Waals surface area contributed by atoms with E-state index in [0.717, 1.165) is 19.1 Å². The van der Waals surface area contributed by atoms with E-state index >= 15 is 0 Å². The number of nitro benzene ring substituents is 2. The molecule has 10 heteroatoms. The van der Waals surface area contributed by atoms with E-state index in [4.69, 9.17) is 9.47 Å². The average molecular weight is 338 g/mol. The van der Waals surface area contributed by atoms with E-state index in [2.05, 4.69) is 6.58 Å². The third-order valence-corrected chi connectivity index (χ3v) is 2.84. The smallest absolute Gasteiger partial charge is 0.337 e. The Morgan fingerprint density at radius 2 is 1.88 bits per heavy atom. The lowest BCUT2D eigenvalue weighted by atomic mass is 10.00. The molecule has 0 spiro atoms. The van der Waals surface area contributed by atoms with Crippen molar-refractivity contribution in [2.24, 2.45) is 0 Å². The molecule has 0 aliphatic heterocycles. The van der Waals surface area contributed by atoms with E-state index in [9.17, 15) is 29.8 Å². The summed E-state index contributed by atoms with van der Waals surface area (Å²) in [6.45, 7) is 6.06. The van der Waals surface area contributed by atoms with Gasteiger partial charge in [0.25, 0.3) is 11.4 Å². The van der Waals surface area contributed by atoms with Gasteiger partial charge in [0.15, 0.2) is 6.10 Å². The number of hydrogen-bond donors (Lipinski definition) is 0. The monoisotopic (exact) mass is 338 g/mol. The minimum absolute atomic E-state index is 0.0208. The molecule has 0 N–H and O–H groups in total. The molecular formula is C14H14N2O8. The molecule has 0 aromatic heterocycles. The fourth-order valence-electron chi connectivity index (χ4n) is 1.84. The van der Waals surface area contributed by atoms with Gasteiger partial charge in [0.05, 0.1) is 33.7 Å². The third kappa shape index (κ3) is 4.35. The van der Waals surface area contributed by atoms with Crippen molar-refractivity contribution in [3.05, 3.63) is 56.1 Å². The van der Waals surface area contributed by atoms with E-state index in [1.165, 1.54) is 0 Å². The molecule has 1 unspecified atom stereocenters. The number of non-ortho nitro benzene ring substituents is 1. The first-order valence-corrected chi connectivity index (χ1v) is 6.64. The summed E-state index contributed by atoms with van der Waals surface area (Å²) in [5.74, 6) is -1.73. The van der Waals surface area contributed by atoms with Crippen LogP contribution in [-0.4, -0.2) is 28.4 Å². The van der Waals surface area contributed by atoms with Crippen LogP contribution in [-0.2, 0) is 19.1 Å². The minimum atomic E-state index is -1.50.